The molecule has 0 fully saturated rings. The fraction of sp³-hybridized carbons (Fsp3) is 0.600. The van der Waals surface area contributed by atoms with E-state index in [9.17, 15) is 4.79 Å². The summed E-state index contributed by atoms with van der Waals surface area (Å²) in [6.45, 7) is 2.06. The van der Waals surface area contributed by atoms with E-state index in [1.807, 2.05) is 7.05 Å². The van der Waals surface area contributed by atoms with Crippen LogP contribution in [0.15, 0.2) is 12.5 Å². The average molecular weight is 274 g/mol. The Morgan fingerprint density at radius 2 is 2.47 bits per heavy atom. The predicted octanol–water partition coefficient (Wildman–Crippen LogP) is 1.71. The molecule has 0 saturated carbocycles. The summed E-state index contributed by atoms with van der Waals surface area (Å²) in [6.07, 6.45) is 5.22. The van der Waals surface area contributed by atoms with E-state index in [4.69, 9.17) is 0 Å². The summed E-state index contributed by atoms with van der Waals surface area (Å²) >= 11 is 3.37. The van der Waals surface area contributed by atoms with E-state index in [1.54, 1.807) is 17.1 Å². The fourth-order valence-corrected chi connectivity index (χ4v) is 1.85. The van der Waals surface area contributed by atoms with Crippen molar-refractivity contribution < 1.29 is 4.79 Å². The SMILES string of the molecule is CCC(CCBr)NC(=O)c1cn(C)cn1. The maximum Gasteiger partial charge on any atom is 0.271 e. The number of imidazole rings is 1. The van der Waals surface area contributed by atoms with Gasteiger partial charge in [-0.3, -0.25) is 4.79 Å². The van der Waals surface area contributed by atoms with Gasteiger partial charge in [0, 0.05) is 24.6 Å². The van der Waals surface area contributed by atoms with Crippen molar-refractivity contribution in [3.63, 3.8) is 0 Å². The molecule has 5 heteroatoms. The van der Waals surface area contributed by atoms with E-state index in [2.05, 4.69) is 33.2 Å². The summed E-state index contributed by atoms with van der Waals surface area (Å²) in [6, 6.07) is 0.221. The molecule has 0 spiro atoms. The molecular formula is C10H16BrN3O. The third-order valence-electron chi connectivity index (χ3n) is 2.22. The highest BCUT2D eigenvalue weighted by atomic mass is 79.9. The topological polar surface area (TPSA) is 46.9 Å². The largest absolute Gasteiger partial charge is 0.348 e. The van der Waals surface area contributed by atoms with Crippen LogP contribution in [0.4, 0.5) is 0 Å². The van der Waals surface area contributed by atoms with Gasteiger partial charge in [-0.2, -0.15) is 0 Å². The van der Waals surface area contributed by atoms with Crippen LogP contribution in [0.1, 0.15) is 30.3 Å². The lowest BCUT2D eigenvalue weighted by Crippen LogP contribution is -2.34. The number of hydrogen-bond acceptors (Lipinski definition) is 2. The number of nitrogens with zero attached hydrogens (tertiary/aromatic N) is 2. The molecule has 0 aromatic carbocycles. The maximum atomic E-state index is 11.7. The van der Waals surface area contributed by atoms with Crippen molar-refractivity contribution in [2.75, 3.05) is 5.33 Å². The van der Waals surface area contributed by atoms with E-state index in [0.717, 1.165) is 18.2 Å². The third kappa shape index (κ3) is 3.66. The van der Waals surface area contributed by atoms with Crippen molar-refractivity contribution in [1.29, 1.82) is 0 Å². The van der Waals surface area contributed by atoms with Gasteiger partial charge in [0.25, 0.3) is 5.91 Å². The average Bonchev–Trinajstić information content (AvgIpc) is 2.64. The number of alkyl halides is 1. The van der Waals surface area contributed by atoms with Gasteiger partial charge in [0.05, 0.1) is 6.33 Å². The normalized spacial score (nSPS) is 12.5. The highest BCUT2D eigenvalue weighted by Gasteiger charge is 2.13. The highest BCUT2D eigenvalue weighted by Crippen LogP contribution is 2.02. The molecule has 1 heterocycles. The molecule has 15 heavy (non-hydrogen) atoms. The number of halogens is 1. The van der Waals surface area contributed by atoms with Crippen molar-refractivity contribution >= 4 is 21.8 Å². The van der Waals surface area contributed by atoms with Gasteiger partial charge in [0.15, 0.2) is 0 Å². The summed E-state index contributed by atoms with van der Waals surface area (Å²) in [5.41, 5.74) is 0.477. The standard InChI is InChI=1S/C10H16BrN3O/c1-3-8(4-5-11)13-10(15)9-6-14(2)7-12-9/h6-8H,3-5H2,1-2H3,(H,13,15). The summed E-state index contributed by atoms with van der Waals surface area (Å²) < 4.78 is 1.76. The van der Waals surface area contributed by atoms with Gasteiger partial charge < -0.3 is 9.88 Å². The van der Waals surface area contributed by atoms with Crippen molar-refractivity contribution in [2.45, 2.75) is 25.8 Å². The zero-order valence-corrected chi connectivity index (χ0v) is 10.6. The lowest BCUT2D eigenvalue weighted by Gasteiger charge is -2.14. The summed E-state index contributed by atoms with van der Waals surface area (Å²) in [7, 11) is 1.85. The Labute approximate surface area is 98.2 Å². The molecule has 1 aromatic heterocycles. The number of amides is 1. The van der Waals surface area contributed by atoms with E-state index in [-0.39, 0.29) is 11.9 Å². The zero-order valence-electron chi connectivity index (χ0n) is 9.03. The first-order chi connectivity index (χ1) is 7.17. The van der Waals surface area contributed by atoms with E-state index in [0.29, 0.717) is 5.69 Å². The van der Waals surface area contributed by atoms with Crippen molar-refractivity contribution in [3.05, 3.63) is 18.2 Å². The second-order valence-electron chi connectivity index (χ2n) is 3.48. The van der Waals surface area contributed by atoms with E-state index >= 15 is 0 Å². The molecule has 1 rings (SSSR count). The number of aromatic nitrogens is 2. The minimum Gasteiger partial charge on any atom is -0.348 e. The van der Waals surface area contributed by atoms with Crippen LogP contribution in [0.5, 0.6) is 0 Å². The summed E-state index contributed by atoms with van der Waals surface area (Å²) in [4.78, 5) is 15.7. The second-order valence-corrected chi connectivity index (χ2v) is 4.27. The minimum absolute atomic E-state index is 0.0941. The minimum atomic E-state index is -0.0941. The molecule has 0 aliphatic rings. The molecule has 1 N–H and O–H groups in total. The molecule has 1 unspecified atom stereocenters. The van der Waals surface area contributed by atoms with Gasteiger partial charge in [-0.25, -0.2) is 4.98 Å². The van der Waals surface area contributed by atoms with Crippen LogP contribution in [-0.2, 0) is 7.05 Å². The van der Waals surface area contributed by atoms with Crippen molar-refractivity contribution in [1.82, 2.24) is 14.9 Å². The third-order valence-corrected chi connectivity index (χ3v) is 2.68. The number of carbonyl (C=O) groups excluding carboxylic acids is 1. The Hall–Kier alpha value is -0.840. The molecular weight excluding hydrogens is 258 g/mol. The van der Waals surface area contributed by atoms with E-state index < -0.39 is 0 Å². The van der Waals surface area contributed by atoms with Gasteiger partial charge in [-0.15, -0.1) is 0 Å². The Morgan fingerprint density at radius 1 is 1.73 bits per heavy atom. The van der Waals surface area contributed by atoms with Gasteiger partial charge in [-0.1, -0.05) is 22.9 Å². The van der Waals surface area contributed by atoms with Gasteiger partial charge in [-0.05, 0) is 12.8 Å². The maximum absolute atomic E-state index is 11.7. The second kappa shape index (κ2) is 5.90. The summed E-state index contributed by atoms with van der Waals surface area (Å²) in [5, 5.41) is 3.85. The first-order valence-corrected chi connectivity index (χ1v) is 6.14. The van der Waals surface area contributed by atoms with Crippen LogP contribution in [-0.4, -0.2) is 26.8 Å². The highest BCUT2D eigenvalue weighted by molar-refractivity contribution is 9.09. The lowest BCUT2D eigenvalue weighted by molar-refractivity contribution is 0.0930. The van der Waals surface area contributed by atoms with Crippen LogP contribution in [0, 0.1) is 0 Å². The number of rotatable bonds is 5. The Morgan fingerprint density at radius 3 is 2.93 bits per heavy atom. The number of carbonyl (C=O) groups is 1. The van der Waals surface area contributed by atoms with Crippen molar-refractivity contribution in [3.8, 4) is 0 Å². The van der Waals surface area contributed by atoms with Gasteiger partial charge >= 0.3 is 0 Å². The van der Waals surface area contributed by atoms with Crippen LogP contribution < -0.4 is 5.32 Å². The Kier molecular flexibility index (Phi) is 4.81. The molecule has 0 radical (unpaired) electrons. The lowest BCUT2D eigenvalue weighted by atomic mass is 10.1. The van der Waals surface area contributed by atoms with Gasteiger partial charge in [0.2, 0.25) is 0 Å². The van der Waals surface area contributed by atoms with Crippen LogP contribution >= 0.6 is 15.9 Å². The molecule has 1 aromatic rings. The van der Waals surface area contributed by atoms with Gasteiger partial charge in [0.1, 0.15) is 5.69 Å². The zero-order chi connectivity index (χ0) is 11.3. The molecule has 0 bridgehead atoms. The summed E-state index contributed by atoms with van der Waals surface area (Å²) in [5.74, 6) is -0.0941. The smallest absolute Gasteiger partial charge is 0.271 e. The van der Waals surface area contributed by atoms with Crippen molar-refractivity contribution in [2.24, 2.45) is 7.05 Å². The quantitative estimate of drug-likeness (QED) is 0.831. The number of nitrogens with one attached hydrogen (secondary N) is 1. The molecule has 0 aliphatic heterocycles. The molecule has 0 aliphatic carbocycles. The molecule has 0 saturated heterocycles. The van der Waals surface area contributed by atoms with Crippen LogP contribution in [0.3, 0.4) is 0 Å². The first kappa shape index (κ1) is 12.2. The van der Waals surface area contributed by atoms with Crippen LogP contribution in [0.25, 0.3) is 0 Å². The Bertz CT molecular complexity index is 324. The van der Waals surface area contributed by atoms with E-state index in [1.165, 1.54) is 0 Å². The number of aryl methyl sites for hydroxylation is 1. The van der Waals surface area contributed by atoms with Crippen LogP contribution in [0.2, 0.25) is 0 Å². The molecule has 1 amide bonds. The predicted molar refractivity (Wildman–Crippen MR) is 63.2 cm³/mol. The molecule has 84 valence electrons. The monoisotopic (exact) mass is 273 g/mol. The first-order valence-electron chi connectivity index (χ1n) is 5.02. The molecule has 4 nitrogen and oxygen atoms in total. The molecule has 1 atom stereocenters. The Balaban J connectivity index is 2.54. The number of hydrogen-bond donors (Lipinski definition) is 1. The fourth-order valence-electron chi connectivity index (χ4n) is 1.30.